The van der Waals surface area contributed by atoms with E-state index in [0.29, 0.717) is 0 Å². The molecule has 0 bridgehead atoms. The Morgan fingerprint density at radius 3 is 3.00 bits per heavy atom. The maximum atomic E-state index is 3.71. The summed E-state index contributed by atoms with van der Waals surface area (Å²) in [5.74, 6) is 1.03. The quantitative estimate of drug-likeness (QED) is 0.468. The summed E-state index contributed by atoms with van der Waals surface area (Å²) in [5.41, 5.74) is 0. The molecule has 0 radical (unpaired) electrons. The van der Waals surface area contributed by atoms with E-state index in [1.54, 1.807) is 0 Å². The molecule has 0 aromatic heterocycles. The molecule has 2 unspecified atom stereocenters. The summed E-state index contributed by atoms with van der Waals surface area (Å²) in [6, 6.07) is 0. The number of hydrogen-bond acceptors (Lipinski definition) is 0. The average molecular weight is 185 g/mol. The third-order valence-electron chi connectivity index (χ3n) is 1.74. The second kappa shape index (κ2) is 3.23. The van der Waals surface area contributed by atoms with Crippen molar-refractivity contribution >= 4 is 31.1 Å². The number of halogens is 1. The van der Waals surface area contributed by atoms with Crippen LogP contribution in [-0.2, 0) is 0 Å². The topological polar surface area (TPSA) is 0 Å². The van der Waals surface area contributed by atoms with Gasteiger partial charge in [-0.3, -0.25) is 0 Å². The van der Waals surface area contributed by atoms with Crippen LogP contribution in [0.2, 0.25) is 4.05 Å². The molecule has 1 saturated carbocycles. The van der Waals surface area contributed by atoms with Crippen molar-refractivity contribution in [1.29, 1.82) is 0 Å². The van der Waals surface area contributed by atoms with Crippen molar-refractivity contribution in [2.45, 2.75) is 16.9 Å². The van der Waals surface area contributed by atoms with Crippen molar-refractivity contribution in [3.05, 3.63) is 12.7 Å². The van der Waals surface area contributed by atoms with E-state index in [1.807, 2.05) is 6.08 Å². The summed E-state index contributed by atoms with van der Waals surface area (Å²) < 4.78 is 1.10. The molecule has 0 saturated heterocycles. The molecule has 1 rings (SSSR count). The van der Waals surface area contributed by atoms with Gasteiger partial charge >= 0.3 is 18.2 Å². The minimum absolute atomic E-state index is 0.157. The monoisotopic (exact) mass is 184 g/mol. The first-order valence-corrected chi connectivity index (χ1v) is 7.77. The summed E-state index contributed by atoms with van der Waals surface area (Å²) in [4.78, 5) is 0. The molecule has 1 aliphatic carbocycles. The van der Waals surface area contributed by atoms with E-state index in [2.05, 4.69) is 19.5 Å². The Morgan fingerprint density at radius 2 is 2.62 bits per heavy atom. The maximum Gasteiger partial charge on any atom is 0.472 e. The third kappa shape index (κ3) is 1.74. The fraction of sp³-hybridized carbons (Fsp3) is 0.667. The van der Waals surface area contributed by atoms with E-state index in [9.17, 15) is 0 Å². The lowest BCUT2D eigenvalue weighted by Crippen LogP contribution is -1.77. The summed E-state index contributed by atoms with van der Waals surface area (Å²) in [6.45, 7) is 3.71. The van der Waals surface area contributed by atoms with Gasteiger partial charge in [0.15, 0.2) is 0 Å². The molecule has 0 amide bonds. The van der Waals surface area contributed by atoms with Crippen LogP contribution in [0.4, 0.5) is 0 Å². The van der Waals surface area contributed by atoms with E-state index in [-0.39, 0.29) is 18.2 Å². The van der Waals surface area contributed by atoms with Gasteiger partial charge in [-0.25, -0.2) is 0 Å². The second-order valence-corrected chi connectivity index (χ2v) is 5.73. The molecule has 0 aromatic carbocycles. The molecule has 0 spiro atoms. The molecule has 0 nitrogen and oxygen atoms in total. The van der Waals surface area contributed by atoms with Crippen molar-refractivity contribution in [1.82, 2.24) is 0 Å². The smallest absolute Gasteiger partial charge is 0.306 e. The summed E-state index contributed by atoms with van der Waals surface area (Å²) in [5, 5.41) is 0. The van der Waals surface area contributed by atoms with Gasteiger partial charge in [0.05, 0.1) is 0 Å². The molecule has 0 N–H and O–H groups in total. The molecule has 8 heavy (non-hydrogen) atoms. The number of rotatable bonds is 3. The van der Waals surface area contributed by atoms with E-state index >= 15 is 0 Å². The Morgan fingerprint density at radius 1 is 1.88 bits per heavy atom. The lowest BCUT2D eigenvalue weighted by Gasteiger charge is -1.84. The van der Waals surface area contributed by atoms with Crippen molar-refractivity contribution in [2.75, 3.05) is 0 Å². The van der Waals surface area contributed by atoms with Crippen LogP contribution in [-0.4, -0.2) is 18.2 Å². The lowest BCUT2D eigenvalue weighted by atomic mass is 10.3. The van der Waals surface area contributed by atoms with Gasteiger partial charge in [0, 0.05) is 0 Å². The van der Waals surface area contributed by atoms with Gasteiger partial charge in [0.25, 0.3) is 0 Å². The molecule has 1 aliphatic rings. The normalized spacial score (nSPS) is 33.6. The van der Waals surface area contributed by atoms with Crippen LogP contribution < -0.4 is 0 Å². The Hall–Kier alpha value is 0.986. The number of hydrogen-bond donors (Lipinski definition) is 0. The highest BCUT2D eigenvalue weighted by Gasteiger charge is 2.34. The highest BCUT2D eigenvalue weighted by molar-refractivity contribution is 9.23. The van der Waals surface area contributed by atoms with Gasteiger partial charge < -0.3 is 12.9 Å². The molecular weight excluding hydrogens is 176 g/mol. The zero-order chi connectivity index (χ0) is 5.98. The van der Waals surface area contributed by atoms with Crippen molar-refractivity contribution < 1.29 is 0 Å². The van der Waals surface area contributed by atoms with Gasteiger partial charge in [0.1, 0.15) is 0 Å². The van der Waals surface area contributed by atoms with Crippen LogP contribution in [0, 0.1) is 5.92 Å². The fourth-order valence-electron chi connectivity index (χ4n) is 1.00. The standard InChI is InChI=1S/C6H9.BrH.Mg/c1-2-3-6-4-5-6;;/h2,4,6H,1,3,5H2;1H;/q;;+1/p-1. The van der Waals surface area contributed by atoms with E-state index in [0.717, 1.165) is 9.97 Å². The first kappa shape index (κ1) is 7.10. The van der Waals surface area contributed by atoms with Crippen LogP contribution in [0.1, 0.15) is 12.8 Å². The minimum Gasteiger partial charge on any atom is -0.306 e. The van der Waals surface area contributed by atoms with Gasteiger partial charge in [-0.2, -0.15) is 0 Å². The molecule has 0 aliphatic heterocycles. The minimum atomic E-state index is 0.157. The molecule has 1 fully saturated rings. The van der Waals surface area contributed by atoms with E-state index < -0.39 is 0 Å². The van der Waals surface area contributed by atoms with Gasteiger partial charge in [0.2, 0.25) is 0 Å². The van der Waals surface area contributed by atoms with E-state index in [1.165, 1.54) is 12.8 Å². The van der Waals surface area contributed by atoms with Crippen molar-refractivity contribution in [2.24, 2.45) is 5.92 Å². The predicted molar refractivity (Wildman–Crippen MR) is 41.4 cm³/mol. The molecule has 42 valence electrons. The van der Waals surface area contributed by atoms with Crippen LogP contribution in [0.3, 0.4) is 0 Å². The molecule has 2 atom stereocenters. The first-order chi connectivity index (χ1) is 3.88. The molecular formula is C6H9BrMg. The molecule has 0 aromatic rings. The first-order valence-electron chi connectivity index (χ1n) is 3.05. The summed E-state index contributed by atoms with van der Waals surface area (Å²) in [6.07, 6.45) is 4.77. The number of allylic oxidation sites excluding steroid dienone is 1. The van der Waals surface area contributed by atoms with Gasteiger partial charge in [-0.05, 0) is 6.42 Å². The lowest BCUT2D eigenvalue weighted by molar-refractivity contribution is 0.863. The average Bonchev–Trinajstić information content (AvgIpc) is 2.48. The largest absolute Gasteiger partial charge is 0.472 e. The summed E-state index contributed by atoms with van der Waals surface area (Å²) in [7, 11) is 0. The predicted octanol–water partition coefficient (Wildman–Crippen LogP) is 2.39. The summed E-state index contributed by atoms with van der Waals surface area (Å²) >= 11 is 3.75. The zero-order valence-electron chi connectivity index (χ0n) is 4.94. The zero-order valence-corrected chi connectivity index (χ0v) is 7.94. The highest BCUT2D eigenvalue weighted by atomic mass is 79.9. The van der Waals surface area contributed by atoms with Crippen LogP contribution in [0.5, 0.6) is 0 Å². The van der Waals surface area contributed by atoms with Crippen LogP contribution in [0.15, 0.2) is 12.7 Å². The third-order valence-corrected chi connectivity index (χ3v) is 5.63. The van der Waals surface area contributed by atoms with Gasteiger partial charge in [-0.15, -0.1) is 10.6 Å². The second-order valence-electron chi connectivity index (χ2n) is 2.43. The van der Waals surface area contributed by atoms with Crippen LogP contribution >= 0.6 is 12.9 Å². The Labute approximate surface area is 66.3 Å². The fourth-order valence-corrected chi connectivity index (χ4v) is 4.38. The Kier molecular flexibility index (Phi) is 2.87. The van der Waals surface area contributed by atoms with E-state index in [4.69, 9.17) is 0 Å². The molecule has 0 heterocycles. The Balaban J connectivity index is 2.07. The SMILES string of the molecule is C=CCC1C[CH]1[Mg][Br]. The van der Waals surface area contributed by atoms with Crippen molar-refractivity contribution in [3.63, 3.8) is 0 Å². The Bertz CT molecular complexity index is 92.5. The maximum absolute atomic E-state index is 3.71. The van der Waals surface area contributed by atoms with Gasteiger partial charge in [-0.1, -0.05) is 18.4 Å². The van der Waals surface area contributed by atoms with Crippen LogP contribution in [0.25, 0.3) is 0 Å². The molecule has 2 heteroatoms. The van der Waals surface area contributed by atoms with Crippen molar-refractivity contribution in [3.8, 4) is 0 Å². The highest BCUT2D eigenvalue weighted by Crippen LogP contribution is 2.47.